The number of rotatable bonds is 7. The highest BCUT2D eigenvalue weighted by Gasteiger charge is 2.36. The van der Waals surface area contributed by atoms with E-state index in [1.807, 2.05) is 13.8 Å². The van der Waals surface area contributed by atoms with E-state index in [1.165, 1.54) is 6.42 Å². The molecule has 0 amide bonds. The Morgan fingerprint density at radius 2 is 1.95 bits per heavy atom. The fourth-order valence-electron chi connectivity index (χ4n) is 2.03. The van der Waals surface area contributed by atoms with Gasteiger partial charge in [0.05, 0.1) is 11.7 Å². The second-order valence-corrected chi connectivity index (χ2v) is 5.17. The molecule has 1 fully saturated rings. The number of ether oxygens (including phenoxy) is 2. The lowest BCUT2D eigenvalue weighted by Gasteiger charge is -2.40. The SMILES string of the molecule is COC1(CNc2nc(NN)nc(OC(C)C)n2)CCC1. The Balaban J connectivity index is 2.06. The summed E-state index contributed by atoms with van der Waals surface area (Å²) in [6.07, 6.45) is 3.25. The molecule has 8 heteroatoms. The Morgan fingerprint density at radius 3 is 2.45 bits per heavy atom. The molecule has 20 heavy (non-hydrogen) atoms. The summed E-state index contributed by atoms with van der Waals surface area (Å²) in [7, 11) is 1.73. The molecule has 0 aliphatic heterocycles. The largest absolute Gasteiger partial charge is 0.461 e. The highest BCUT2D eigenvalue weighted by atomic mass is 16.5. The van der Waals surface area contributed by atoms with Gasteiger partial charge in [0.15, 0.2) is 0 Å². The van der Waals surface area contributed by atoms with Crippen molar-refractivity contribution in [3.63, 3.8) is 0 Å². The Labute approximate surface area is 118 Å². The van der Waals surface area contributed by atoms with E-state index in [2.05, 4.69) is 25.7 Å². The van der Waals surface area contributed by atoms with Gasteiger partial charge in [-0.1, -0.05) is 0 Å². The normalized spacial score (nSPS) is 16.6. The summed E-state index contributed by atoms with van der Waals surface area (Å²) >= 11 is 0. The van der Waals surface area contributed by atoms with Crippen molar-refractivity contribution in [3.8, 4) is 6.01 Å². The van der Waals surface area contributed by atoms with Crippen molar-refractivity contribution in [1.29, 1.82) is 0 Å². The van der Waals surface area contributed by atoms with Crippen LogP contribution in [0.2, 0.25) is 0 Å². The third-order valence-corrected chi connectivity index (χ3v) is 3.35. The van der Waals surface area contributed by atoms with E-state index >= 15 is 0 Å². The molecule has 1 aromatic rings. The van der Waals surface area contributed by atoms with Crippen LogP contribution in [0.15, 0.2) is 0 Å². The lowest BCUT2D eigenvalue weighted by atomic mass is 9.80. The predicted molar refractivity (Wildman–Crippen MR) is 75.5 cm³/mol. The number of nitrogens with one attached hydrogen (secondary N) is 2. The molecule has 0 spiro atoms. The maximum atomic E-state index is 5.54. The number of aromatic nitrogens is 3. The van der Waals surface area contributed by atoms with Gasteiger partial charge in [-0.15, -0.1) is 0 Å². The maximum absolute atomic E-state index is 5.54. The summed E-state index contributed by atoms with van der Waals surface area (Å²) < 4.78 is 11.0. The maximum Gasteiger partial charge on any atom is 0.323 e. The smallest absolute Gasteiger partial charge is 0.323 e. The van der Waals surface area contributed by atoms with Crippen molar-refractivity contribution in [3.05, 3.63) is 0 Å². The quantitative estimate of drug-likeness (QED) is 0.500. The van der Waals surface area contributed by atoms with Crippen molar-refractivity contribution in [1.82, 2.24) is 15.0 Å². The summed E-state index contributed by atoms with van der Waals surface area (Å²) in [6.45, 7) is 4.46. The molecule has 1 saturated carbocycles. The molecule has 0 radical (unpaired) electrons. The van der Waals surface area contributed by atoms with Crippen LogP contribution in [0.3, 0.4) is 0 Å². The summed E-state index contributed by atoms with van der Waals surface area (Å²) in [4.78, 5) is 12.4. The first kappa shape index (κ1) is 14.7. The summed E-state index contributed by atoms with van der Waals surface area (Å²) in [5, 5.41) is 3.16. The molecule has 0 saturated heterocycles. The fraction of sp³-hybridized carbons (Fsp3) is 0.750. The lowest BCUT2D eigenvalue weighted by Crippen LogP contribution is -2.45. The van der Waals surface area contributed by atoms with Crippen LogP contribution in [0.4, 0.5) is 11.9 Å². The Kier molecular flexibility index (Phi) is 4.56. The van der Waals surface area contributed by atoms with Crippen LogP contribution in [0.25, 0.3) is 0 Å². The van der Waals surface area contributed by atoms with Gasteiger partial charge in [0.25, 0.3) is 0 Å². The standard InChI is InChI=1S/C12H22N6O2/c1-8(2)20-11-16-9(15-10(17-11)18-13)14-7-12(19-3)5-4-6-12/h8H,4-7,13H2,1-3H3,(H2,14,15,16,17,18). The van der Waals surface area contributed by atoms with Crippen LogP contribution < -0.4 is 21.3 Å². The van der Waals surface area contributed by atoms with Crippen LogP contribution in [0.5, 0.6) is 6.01 Å². The molecule has 4 N–H and O–H groups in total. The van der Waals surface area contributed by atoms with E-state index in [0.29, 0.717) is 12.5 Å². The van der Waals surface area contributed by atoms with Gasteiger partial charge in [0.1, 0.15) is 0 Å². The first-order chi connectivity index (χ1) is 9.57. The second-order valence-electron chi connectivity index (χ2n) is 5.17. The molecule has 1 heterocycles. The van der Waals surface area contributed by atoms with Gasteiger partial charge in [-0.25, -0.2) is 5.84 Å². The van der Waals surface area contributed by atoms with E-state index in [0.717, 1.165) is 12.8 Å². The van der Waals surface area contributed by atoms with Gasteiger partial charge >= 0.3 is 6.01 Å². The predicted octanol–water partition coefficient (Wildman–Crippen LogP) is 0.925. The van der Waals surface area contributed by atoms with E-state index in [4.69, 9.17) is 15.3 Å². The average Bonchev–Trinajstić information content (AvgIpc) is 2.37. The Hall–Kier alpha value is -1.67. The molecule has 0 unspecified atom stereocenters. The van der Waals surface area contributed by atoms with Crippen LogP contribution in [-0.2, 0) is 4.74 Å². The summed E-state index contributed by atoms with van der Waals surface area (Å²) in [5.41, 5.74) is 2.30. The minimum absolute atomic E-state index is 0.0205. The minimum Gasteiger partial charge on any atom is -0.461 e. The molecule has 8 nitrogen and oxygen atoms in total. The first-order valence-corrected chi connectivity index (χ1v) is 6.75. The average molecular weight is 282 g/mol. The number of nitrogens with two attached hydrogens (primary N) is 1. The van der Waals surface area contributed by atoms with Crippen LogP contribution in [0, 0.1) is 0 Å². The van der Waals surface area contributed by atoms with Crippen molar-refractivity contribution in [2.75, 3.05) is 24.4 Å². The highest BCUT2D eigenvalue weighted by molar-refractivity contribution is 5.35. The minimum atomic E-state index is -0.109. The number of methoxy groups -OCH3 is 1. The van der Waals surface area contributed by atoms with Crippen molar-refractivity contribution < 1.29 is 9.47 Å². The highest BCUT2D eigenvalue weighted by Crippen LogP contribution is 2.34. The molecule has 0 bridgehead atoms. The van der Waals surface area contributed by atoms with Crippen molar-refractivity contribution >= 4 is 11.9 Å². The van der Waals surface area contributed by atoms with Gasteiger partial charge in [-0.3, -0.25) is 5.43 Å². The van der Waals surface area contributed by atoms with Crippen LogP contribution in [-0.4, -0.2) is 40.3 Å². The topological polar surface area (TPSA) is 107 Å². The Morgan fingerprint density at radius 1 is 1.25 bits per heavy atom. The van der Waals surface area contributed by atoms with E-state index in [-0.39, 0.29) is 23.7 Å². The number of nitrogen functional groups attached to an aromatic ring is 1. The number of nitrogens with zero attached hydrogens (tertiary/aromatic N) is 3. The van der Waals surface area contributed by atoms with E-state index in [1.54, 1.807) is 7.11 Å². The number of anilines is 2. The van der Waals surface area contributed by atoms with Gasteiger partial charge in [0, 0.05) is 13.7 Å². The fourth-order valence-corrected chi connectivity index (χ4v) is 2.03. The van der Waals surface area contributed by atoms with E-state index in [9.17, 15) is 0 Å². The monoisotopic (exact) mass is 282 g/mol. The number of hydrazine groups is 1. The van der Waals surface area contributed by atoms with Gasteiger partial charge in [-0.2, -0.15) is 15.0 Å². The lowest BCUT2D eigenvalue weighted by molar-refractivity contribution is -0.0602. The van der Waals surface area contributed by atoms with Gasteiger partial charge < -0.3 is 14.8 Å². The molecule has 2 rings (SSSR count). The van der Waals surface area contributed by atoms with Gasteiger partial charge in [-0.05, 0) is 33.1 Å². The third kappa shape index (κ3) is 3.45. The van der Waals surface area contributed by atoms with E-state index < -0.39 is 0 Å². The van der Waals surface area contributed by atoms with Crippen molar-refractivity contribution in [2.45, 2.75) is 44.8 Å². The summed E-state index contributed by atoms with van der Waals surface area (Å²) in [6, 6.07) is 0.241. The van der Waals surface area contributed by atoms with Crippen molar-refractivity contribution in [2.24, 2.45) is 5.84 Å². The molecule has 1 aromatic heterocycles. The molecular formula is C12H22N6O2. The number of hydrogen-bond donors (Lipinski definition) is 3. The van der Waals surface area contributed by atoms with Crippen LogP contribution >= 0.6 is 0 Å². The van der Waals surface area contributed by atoms with Crippen LogP contribution in [0.1, 0.15) is 33.1 Å². The molecule has 1 aliphatic rings. The third-order valence-electron chi connectivity index (χ3n) is 3.35. The zero-order valence-electron chi connectivity index (χ0n) is 12.1. The molecular weight excluding hydrogens is 260 g/mol. The second kappa shape index (κ2) is 6.19. The molecule has 1 aliphatic carbocycles. The Bertz CT molecular complexity index is 444. The number of hydrogen-bond acceptors (Lipinski definition) is 8. The zero-order chi connectivity index (χ0) is 14.6. The summed E-state index contributed by atoms with van der Waals surface area (Å²) in [5.74, 6) is 6.04. The first-order valence-electron chi connectivity index (χ1n) is 6.75. The molecule has 0 atom stereocenters. The molecule has 112 valence electrons. The zero-order valence-corrected chi connectivity index (χ0v) is 12.1. The van der Waals surface area contributed by atoms with Gasteiger partial charge in [0.2, 0.25) is 11.9 Å². The molecule has 0 aromatic carbocycles.